The smallest absolute Gasteiger partial charge is 0.150 e. The van der Waals surface area contributed by atoms with Crippen molar-refractivity contribution in [3.8, 4) is 0 Å². The molecule has 1 aromatic heterocycles. The summed E-state index contributed by atoms with van der Waals surface area (Å²) >= 11 is 3.32. The quantitative estimate of drug-likeness (QED) is 0.878. The van der Waals surface area contributed by atoms with Crippen LogP contribution in [0.25, 0.3) is 10.9 Å². The van der Waals surface area contributed by atoms with Crippen molar-refractivity contribution < 1.29 is 9.13 Å². The number of rotatable bonds is 1. The largest absolute Gasteiger partial charge is 0.387 e. The number of hydrogen-bond donors (Lipinski definition) is 1. The number of nitrogens with one attached hydrogen (secondary N) is 1. The van der Waals surface area contributed by atoms with E-state index in [2.05, 4.69) is 26.2 Å². The molecule has 94 valence electrons. The second-order valence-electron chi connectivity index (χ2n) is 4.25. The molecular weight excluding hydrogens is 299 g/mol. The zero-order valence-electron chi connectivity index (χ0n) is 9.89. The standard InChI is InChI=1S/C13H12BrFN2O/c1-16-12-8-4-7(14)5-10(15)13(8)17-11-2-3-18-6-9(11)12/h4-5H,2-3,6H2,1H3,(H,16,17). The van der Waals surface area contributed by atoms with Crippen molar-refractivity contribution in [2.45, 2.75) is 13.0 Å². The van der Waals surface area contributed by atoms with E-state index < -0.39 is 0 Å². The van der Waals surface area contributed by atoms with Crippen LogP contribution in [0.15, 0.2) is 16.6 Å². The lowest BCUT2D eigenvalue weighted by Crippen LogP contribution is -2.14. The van der Waals surface area contributed by atoms with Gasteiger partial charge in [-0.3, -0.25) is 0 Å². The fourth-order valence-corrected chi connectivity index (χ4v) is 2.80. The van der Waals surface area contributed by atoms with Crippen LogP contribution in [0.1, 0.15) is 11.3 Å². The molecule has 0 fully saturated rings. The minimum atomic E-state index is -0.301. The number of hydrogen-bond acceptors (Lipinski definition) is 3. The number of ether oxygens (including phenoxy) is 1. The fraction of sp³-hybridized carbons (Fsp3) is 0.308. The van der Waals surface area contributed by atoms with Gasteiger partial charge < -0.3 is 10.1 Å². The molecule has 0 aliphatic carbocycles. The zero-order chi connectivity index (χ0) is 12.7. The van der Waals surface area contributed by atoms with Crippen LogP contribution in [0.2, 0.25) is 0 Å². The lowest BCUT2D eigenvalue weighted by atomic mass is 10.0. The lowest BCUT2D eigenvalue weighted by molar-refractivity contribution is 0.110. The summed E-state index contributed by atoms with van der Waals surface area (Å²) in [6.45, 7) is 1.18. The molecule has 0 spiro atoms. The second kappa shape index (κ2) is 4.48. The normalized spacial score (nSPS) is 14.6. The molecule has 0 bridgehead atoms. The van der Waals surface area contributed by atoms with Crippen LogP contribution in [0, 0.1) is 5.82 Å². The van der Waals surface area contributed by atoms with E-state index >= 15 is 0 Å². The molecule has 1 N–H and O–H groups in total. The molecule has 0 radical (unpaired) electrons. The second-order valence-corrected chi connectivity index (χ2v) is 5.16. The van der Waals surface area contributed by atoms with Crippen molar-refractivity contribution in [2.24, 2.45) is 0 Å². The molecule has 0 saturated carbocycles. The van der Waals surface area contributed by atoms with Crippen molar-refractivity contribution in [1.29, 1.82) is 0 Å². The molecule has 3 rings (SSSR count). The van der Waals surface area contributed by atoms with E-state index in [4.69, 9.17) is 4.74 Å². The Bertz CT molecular complexity index is 630. The summed E-state index contributed by atoms with van der Waals surface area (Å²) in [5, 5.41) is 3.93. The van der Waals surface area contributed by atoms with E-state index in [-0.39, 0.29) is 5.82 Å². The van der Waals surface area contributed by atoms with Gasteiger partial charge in [-0.15, -0.1) is 0 Å². The van der Waals surface area contributed by atoms with Crippen LogP contribution in [0.5, 0.6) is 0 Å². The molecule has 18 heavy (non-hydrogen) atoms. The number of benzene rings is 1. The van der Waals surface area contributed by atoms with Gasteiger partial charge in [-0.25, -0.2) is 9.37 Å². The van der Waals surface area contributed by atoms with Gasteiger partial charge in [0.2, 0.25) is 0 Å². The van der Waals surface area contributed by atoms with Gasteiger partial charge in [0.05, 0.1) is 24.6 Å². The summed E-state index contributed by atoms with van der Waals surface area (Å²) in [6, 6.07) is 3.33. The third-order valence-corrected chi connectivity index (χ3v) is 3.63. The van der Waals surface area contributed by atoms with Gasteiger partial charge in [0.15, 0.2) is 5.82 Å². The molecule has 0 atom stereocenters. The highest BCUT2D eigenvalue weighted by atomic mass is 79.9. The summed E-state index contributed by atoms with van der Waals surface area (Å²) < 4.78 is 20.2. The van der Waals surface area contributed by atoms with Gasteiger partial charge in [-0.1, -0.05) is 15.9 Å². The molecule has 3 nitrogen and oxygen atoms in total. The van der Waals surface area contributed by atoms with Crippen molar-refractivity contribution in [3.05, 3.63) is 33.7 Å². The summed E-state index contributed by atoms with van der Waals surface area (Å²) in [5.74, 6) is -0.301. The fourth-order valence-electron chi connectivity index (χ4n) is 2.37. The molecule has 2 aromatic rings. The first-order valence-corrected chi connectivity index (χ1v) is 6.56. The highest BCUT2D eigenvalue weighted by Crippen LogP contribution is 2.34. The van der Waals surface area contributed by atoms with E-state index in [0.717, 1.165) is 28.8 Å². The Labute approximate surface area is 112 Å². The molecule has 1 aromatic carbocycles. The molecule has 5 heteroatoms. The minimum Gasteiger partial charge on any atom is -0.387 e. The molecule has 0 unspecified atom stereocenters. The van der Waals surface area contributed by atoms with Gasteiger partial charge in [0.25, 0.3) is 0 Å². The van der Waals surface area contributed by atoms with E-state index in [1.165, 1.54) is 6.07 Å². The Kier molecular flexibility index (Phi) is 2.95. The van der Waals surface area contributed by atoms with Crippen LogP contribution in [0.3, 0.4) is 0 Å². The number of pyridine rings is 1. The molecular formula is C13H12BrFN2O. The van der Waals surface area contributed by atoms with E-state index in [1.807, 2.05) is 13.1 Å². The number of anilines is 1. The maximum absolute atomic E-state index is 14.0. The predicted molar refractivity (Wildman–Crippen MR) is 72.3 cm³/mol. The maximum atomic E-state index is 14.0. The van der Waals surface area contributed by atoms with Crippen molar-refractivity contribution in [2.75, 3.05) is 19.0 Å². The Hall–Kier alpha value is -1.20. The highest BCUT2D eigenvalue weighted by molar-refractivity contribution is 9.10. The molecule has 1 aliphatic heterocycles. The van der Waals surface area contributed by atoms with Crippen LogP contribution in [-0.2, 0) is 17.8 Å². The molecule has 0 saturated heterocycles. The summed E-state index contributed by atoms with van der Waals surface area (Å²) in [5.41, 5.74) is 3.30. The van der Waals surface area contributed by atoms with Crippen LogP contribution >= 0.6 is 15.9 Å². The summed E-state index contributed by atoms with van der Waals surface area (Å²) in [4.78, 5) is 4.45. The third-order valence-electron chi connectivity index (χ3n) is 3.17. The number of fused-ring (bicyclic) bond motifs is 2. The van der Waals surface area contributed by atoms with Gasteiger partial charge in [-0.2, -0.15) is 0 Å². The topological polar surface area (TPSA) is 34.2 Å². The molecule has 2 heterocycles. The number of nitrogens with zero attached hydrogens (tertiary/aromatic N) is 1. The minimum absolute atomic E-state index is 0.301. The summed E-state index contributed by atoms with van der Waals surface area (Å²) in [6.07, 6.45) is 0.732. The summed E-state index contributed by atoms with van der Waals surface area (Å²) in [7, 11) is 1.84. The Balaban J connectivity index is 2.40. The lowest BCUT2D eigenvalue weighted by Gasteiger charge is -2.21. The van der Waals surface area contributed by atoms with E-state index in [9.17, 15) is 4.39 Å². The Morgan fingerprint density at radius 1 is 1.44 bits per heavy atom. The number of halogens is 2. The van der Waals surface area contributed by atoms with Crippen LogP contribution in [-0.4, -0.2) is 18.6 Å². The van der Waals surface area contributed by atoms with Crippen molar-refractivity contribution in [3.63, 3.8) is 0 Å². The first kappa shape index (κ1) is 11.9. The van der Waals surface area contributed by atoms with Gasteiger partial charge >= 0.3 is 0 Å². The monoisotopic (exact) mass is 310 g/mol. The predicted octanol–water partition coefficient (Wildman–Crippen LogP) is 3.25. The molecule has 0 amide bonds. The maximum Gasteiger partial charge on any atom is 0.150 e. The highest BCUT2D eigenvalue weighted by Gasteiger charge is 2.19. The molecule has 1 aliphatic rings. The zero-order valence-corrected chi connectivity index (χ0v) is 11.5. The van der Waals surface area contributed by atoms with Crippen molar-refractivity contribution >= 4 is 32.5 Å². The average Bonchev–Trinajstić information content (AvgIpc) is 2.36. The van der Waals surface area contributed by atoms with E-state index in [0.29, 0.717) is 23.2 Å². The average molecular weight is 311 g/mol. The first-order valence-electron chi connectivity index (χ1n) is 5.76. The Morgan fingerprint density at radius 3 is 3.06 bits per heavy atom. The Morgan fingerprint density at radius 2 is 2.28 bits per heavy atom. The van der Waals surface area contributed by atoms with Crippen LogP contribution in [0.4, 0.5) is 10.1 Å². The first-order chi connectivity index (χ1) is 8.70. The van der Waals surface area contributed by atoms with E-state index in [1.54, 1.807) is 0 Å². The number of aromatic nitrogens is 1. The van der Waals surface area contributed by atoms with Crippen molar-refractivity contribution in [1.82, 2.24) is 4.98 Å². The van der Waals surface area contributed by atoms with Gasteiger partial charge in [-0.05, 0) is 12.1 Å². The SMILES string of the molecule is CNc1c2c(nc3c(F)cc(Br)cc13)CCOC2. The third kappa shape index (κ3) is 1.78. The van der Waals surface area contributed by atoms with Gasteiger partial charge in [0.1, 0.15) is 5.52 Å². The van der Waals surface area contributed by atoms with Crippen LogP contribution < -0.4 is 5.32 Å². The van der Waals surface area contributed by atoms with Gasteiger partial charge in [0, 0.05) is 28.9 Å².